The van der Waals surface area contributed by atoms with E-state index >= 15 is 0 Å². The van der Waals surface area contributed by atoms with Crippen LogP contribution < -0.4 is 15.5 Å². The maximum Gasteiger partial charge on any atom is 0.183 e. The molecule has 3 N–H and O–H groups in total. The number of fused-ring (bicyclic) bond motifs is 2. The van der Waals surface area contributed by atoms with Crippen LogP contribution >= 0.6 is 0 Å². The molecule has 2 aromatic heterocycles. The number of nitrogens with two attached hydrogens (primary N) is 1. The van der Waals surface area contributed by atoms with Gasteiger partial charge in [0.05, 0.1) is 6.20 Å². The van der Waals surface area contributed by atoms with Gasteiger partial charge in [0.2, 0.25) is 0 Å². The quantitative estimate of drug-likeness (QED) is 0.670. The van der Waals surface area contributed by atoms with Crippen LogP contribution in [0.25, 0.3) is 11.2 Å². The third kappa shape index (κ3) is 3.26. The minimum absolute atomic E-state index is 0.246. The number of nitrogens with one attached hydrogen (secondary N) is 1. The number of rotatable bonds is 4. The van der Waals surface area contributed by atoms with Gasteiger partial charge in [-0.15, -0.1) is 0 Å². The first-order valence-corrected chi connectivity index (χ1v) is 11.7. The average molecular weight is 418 g/mol. The first-order chi connectivity index (χ1) is 15.1. The first kappa shape index (κ1) is 19.0. The van der Waals surface area contributed by atoms with Gasteiger partial charge in [-0.1, -0.05) is 19.1 Å². The smallest absolute Gasteiger partial charge is 0.183 e. The molecule has 3 aliphatic rings. The number of benzene rings is 1. The fourth-order valence-corrected chi connectivity index (χ4v) is 5.25. The largest absolute Gasteiger partial charge is 0.355 e. The van der Waals surface area contributed by atoms with E-state index in [9.17, 15) is 0 Å². The Morgan fingerprint density at radius 3 is 2.81 bits per heavy atom. The summed E-state index contributed by atoms with van der Waals surface area (Å²) in [6.07, 6.45) is 9.06. The summed E-state index contributed by atoms with van der Waals surface area (Å²) in [5, 5.41) is 7.83. The normalized spacial score (nSPS) is 20.8. The van der Waals surface area contributed by atoms with E-state index in [4.69, 9.17) is 15.7 Å². The van der Waals surface area contributed by atoms with Gasteiger partial charge in [-0.2, -0.15) is 5.10 Å². The second-order valence-electron chi connectivity index (χ2n) is 9.85. The zero-order chi connectivity index (χ0) is 21.0. The fourth-order valence-electron chi connectivity index (χ4n) is 5.25. The molecule has 4 heterocycles. The van der Waals surface area contributed by atoms with E-state index in [1.54, 1.807) is 5.56 Å². The molecule has 31 heavy (non-hydrogen) atoms. The van der Waals surface area contributed by atoms with Crippen molar-refractivity contribution in [1.29, 1.82) is 0 Å². The maximum absolute atomic E-state index is 5.97. The molecule has 1 aromatic carbocycles. The molecule has 0 unspecified atom stereocenters. The lowest BCUT2D eigenvalue weighted by Crippen LogP contribution is -2.42. The van der Waals surface area contributed by atoms with Crippen LogP contribution in [0.3, 0.4) is 0 Å². The molecule has 1 saturated carbocycles. The lowest BCUT2D eigenvalue weighted by molar-refractivity contribution is 0.258. The van der Waals surface area contributed by atoms with Crippen molar-refractivity contribution >= 4 is 28.5 Å². The van der Waals surface area contributed by atoms with Gasteiger partial charge in [0.1, 0.15) is 5.82 Å². The standard InChI is InChI=1S/C24H31N7/c1-24(15-25)9-12-30(13-10-24)20-14-26-21-22(27-20)28-29-23(21)31-11-3-5-18-17(16-7-8-16)4-2-6-19(18)31/h2,4,6,14,16H,3,5,7-13,15,25H2,1H3,(H,27,28,29). The predicted molar refractivity (Wildman–Crippen MR) is 124 cm³/mol. The van der Waals surface area contributed by atoms with E-state index < -0.39 is 0 Å². The van der Waals surface area contributed by atoms with Crippen molar-refractivity contribution in [2.45, 2.75) is 51.4 Å². The molecular weight excluding hydrogens is 386 g/mol. The van der Waals surface area contributed by atoms with Crippen LogP contribution in [0, 0.1) is 5.41 Å². The molecule has 1 aliphatic carbocycles. The molecule has 0 amide bonds. The van der Waals surface area contributed by atoms with Crippen molar-refractivity contribution in [3.63, 3.8) is 0 Å². The lowest BCUT2D eigenvalue weighted by Gasteiger charge is -2.39. The second-order valence-corrected chi connectivity index (χ2v) is 9.85. The minimum Gasteiger partial charge on any atom is -0.355 e. The van der Waals surface area contributed by atoms with Gasteiger partial charge in [-0.3, -0.25) is 5.10 Å². The number of aromatic amines is 1. The monoisotopic (exact) mass is 417 g/mol. The van der Waals surface area contributed by atoms with E-state index in [0.717, 1.165) is 80.6 Å². The molecule has 3 aromatic rings. The van der Waals surface area contributed by atoms with E-state index in [2.05, 4.69) is 45.1 Å². The second kappa shape index (κ2) is 7.19. The summed E-state index contributed by atoms with van der Waals surface area (Å²) in [4.78, 5) is 14.4. The fraction of sp³-hybridized carbons (Fsp3) is 0.542. The van der Waals surface area contributed by atoms with Crippen LogP contribution in [0.15, 0.2) is 24.4 Å². The number of nitrogens with zero attached hydrogens (tertiary/aromatic N) is 5. The van der Waals surface area contributed by atoms with Gasteiger partial charge in [0.15, 0.2) is 17.0 Å². The summed E-state index contributed by atoms with van der Waals surface area (Å²) in [5.74, 6) is 2.59. The highest BCUT2D eigenvalue weighted by Gasteiger charge is 2.32. The van der Waals surface area contributed by atoms with Crippen LogP contribution in [0.2, 0.25) is 0 Å². The Kier molecular flexibility index (Phi) is 4.42. The summed E-state index contributed by atoms with van der Waals surface area (Å²) in [6.45, 7) is 5.94. The molecular formula is C24H31N7. The maximum atomic E-state index is 5.97. The molecule has 1 saturated heterocycles. The molecule has 7 nitrogen and oxygen atoms in total. The molecule has 0 spiro atoms. The molecule has 6 rings (SSSR count). The number of hydrogen-bond donors (Lipinski definition) is 2. The van der Waals surface area contributed by atoms with E-state index in [1.165, 1.54) is 24.1 Å². The number of piperidine rings is 1. The minimum atomic E-state index is 0.246. The van der Waals surface area contributed by atoms with Gasteiger partial charge in [-0.25, -0.2) is 9.97 Å². The SMILES string of the molecule is CC1(CN)CCN(c2cnc3c(N4CCCc5c(C6CC6)cccc54)n[nH]c3n2)CC1. The topological polar surface area (TPSA) is 87.0 Å². The summed E-state index contributed by atoms with van der Waals surface area (Å²) in [7, 11) is 0. The summed E-state index contributed by atoms with van der Waals surface area (Å²) >= 11 is 0. The molecule has 2 fully saturated rings. The molecule has 2 aliphatic heterocycles. The number of H-pyrrole nitrogens is 1. The number of hydrogen-bond acceptors (Lipinski definition) is 6. The molecule has 0 atom stereocenters. The van der Waals surface area contributed by atoms with Crippen molar-refractivity contribution in [2.24, 2.45) is 11.1 Å². The van der Waals surface area contributed by atoms with E-state index in [-0.39, 0.29) is 5.41 Å². The van der Waals surface area contributed by atoms with E-state index in [1.807, 2.05) is 6.20 Å². The number of aromatic nitrogens is 4. The van der Waals surface area contributed by atoms with Gasteiger partial charge < -0.3 is 15.5 Å². The lowest BCUT2D eigenvalue weighted by atomic mass is 9.80. The van der Waals surface area contributed by atoms with Gasteiger partial charge in [0, 0.05) is 25.3 Å². The van der Waals surface area contributed by atoms with Crippen LogP contribution in [-0.4, -0.2) is 46.3 Å². The van der Waals surface area contributed by atoms with Crippen molar-refractivity contribution in [3.8, 4) is 0 Å². The highest BCUT2D eigenvalue weighted by molar-refractivity contribution is 5.88. The first-order valence-electron chi connectivity index (χ1n) is 11.7. The zero-order valence-corrected chi connectivity index (χ0v) is 18.3. The third-order valence-electron chi connectivity index (χ3n) is 7.59. The highest BCUT2D eigenvalue weighted by atomic mass is 15.3. The third-order valence-corrected chi connectivity index (χ3v) is 7.59. The molecule has 0 radical (unpaired) electrons. The van der Waals surface area contributed by atoms with Crippen molar-refractivity contribution < 1.29 is 0 Å². The Morgan fingerprint density at radius 2 is 2.03 bits per heavy atom. The molecule has 0 bridgehead atoms. The van der Waals surface area contributed by atoms with Gasteiger partial charge in [-0.05, 0) is 73.6 Å². The Bertz CT molecular complexity index is 1110. The highest BCUT2D eigenvalue weighted by Crippen LogP contribution is 2.46. The van der Waals surface area contributed by atoms with E-state index in [0.29, 0.717) is 0 Å². The van der Waals surface area contributed by atoms with Crippen LogP contribution in [0.1, 0.15) is 56.1 Å². The Hall–Kier alpha value is -2.67. The van der Waals surface area contributed by atoms with Crippen molar-refractivity contribution in [1.82, 2.24) is 20.2 Å². The van der Waals surface area contributed by atoms with Gasteiger partial charge in [0.25, 0.3) is 0 Å². The Morgan fingerprint density at radius 1 is 1.19 bits per heavy atom. The summed E-state index contributed by atoms with van der Waals surface area (Å²) < 4.78 is 0. The van der Waals surface area contributed by atoms with Gasteiger partial charge >= 0.3 is 0 Å². The zero-order valence-electron chi connectivity index (χ0n) is 18.3. The summed E-state index contributed by atoms with van der Waals surface area (Å²) in [5.41, 5.74) is 12.2. The van der Waals surface area contributed by atoms with Crippen molar-refractivity contribution in [3.05, 3.63) is 35.5 Å². The van der Waals surface area contributed by atoms with Crippen molar-refractivity contribution in [2.75, 3.05) is 36.0 Å². The van der Waals surface area contributed by atoms with Crippen LogP contribution in [0.5, 0.6) is 0 Å². The van der Waals surface area contributed by atoms with Crippen LogP contribution in [-0.2, 0) is 6.42 Å². The molecule has 162 valence electrons. The Balaban J connectivity index is 1.31. The number of anilines is 3. The summed E-state index contributed by atoms with van der Waals surface area (Å²) in [6, 6.07) is 6.77. The predicted octanol–water partition coefficient (Wildman–Crippen LogP) is 3.88. The molecule has 7 heteroatoms. The van der Waals surface area contributed by atoms with Crippen LogP contribution in [0.4, 0.5) is 17.3 Å². The average Bonchev–Trinajstić information content (AvgIpc) is 3.57. The Labute approximate surface area is 183 Å².